The number of phenols is 1. The van der Waals surface area contributed by atoms with E-state index in [4.69, 9.17) is 16.3 Å². The van der Waals surface area contributed by atoms with E-state index >= 15 is 0 Å². The molecule has 0 aliphatic heterocycles. The standard InChI is InChI=1S/C15H17ClN4O3/c1-8(2)11-6-13(21)19-15(18-11)20-17-7-9-4-10(16)14(22)12(5-9)23-3/h4-8,22H,1-3H3,(H2,18,19,20,21)/b17-7-. The van der Waals surface area contributed by atoms with E-state index in [-0.39, 0.29) is 33.9 Å². The first-order valence-corrected chi connectivity index (χ1v) is 7.25. The van der Waals surface area contributed by atoms with Crippen molar-refractivity contribution in [1.29, 1.82) is 0 Å². The van der Waals surface area contributed by atoms with Crippen molar-refractivity contribution in [2.75, 3.05) is 12.5 Å². The van der Waals surface area contributed by atoms with Gasteiger partial charge in [0.1, 0.15) is 0 Å². The zero-order chi connectivity index (χ0) is 17.0. The van der Waals surface area contributed by atoms with Gasteiger partial charge >= 0.3 is 0 Å². The summed E-state index contributed by atoms with van der Waals surface area (Å²) in [5.74, 6) is 0.485. The average molecular weight is 337 g/mol. The van der Waals surface area contributed by atoms with Gasteiger partial charge in [0.2, 0.25) is 5.95 Å². The monoisotopic (exact) mass is 336 g/mol. The summed E-state index contributed by atoms with van der Waals surface area (Å²) in [5.41, 5.74) is 3.68. The lowest BCUT2D eigenvalue weighted by Crippen LogP contribution is -2.12. The Balaban J connectivity index is 2.19. The lowest BCUT2D eigenvalue weighted by Gasteiger charge is -2.07. The quantitative estimate of drug-likeness (QED) is 0.576. The number of methoxy groups -OCH3 is 1. The van der Waals surface area contributed by atoms with E-state index in [9.17, 15) is 9.90 Å². The fraction of sp³-hybridized carbons (Fsp3) is 0.267. The summed E-state index contributed by atoms with van der Waals surface area (Å²) in [6.07, 6.45) is 1.47. The Morgan fingerprint density at radius 1 is 1.43 bits per heavy atom. The van der Waals surface area contributed by atoms with Crippen LogP contribution in [0.3, 0.4) is 0 Å². The number of hydrogen-bond donors (Lipinski definition) is 3. The predicted molar refractivity (Wildman–Crippen MR) is 89.8 cm³/mol. The van der Waals surface area contributed by atoms with Gasteiger partial charge in [0.15, 0.2) is 11.5 Å². The molecule has 0 aliphatic carbocycles. The molecule has 0 saturated heterocycles. The van der Waals surface area contributed by atoms with Crippen molar-refractivity contribution in [2.24, 2.45) is 5.10 Å². The van der Waals surface area contributed by atoms with Crippen molar-refractivity contribution in [3.8, 4) is 11.5 Å². The summed E-state index contributed by atoms with van der Waals surface area (Å²) in [5, 5.41) is 13.8. The number of benzene rings is 1. The molecule has 7 nitrogen and oxygen atoms in total. The van der Waals surface area contributed by atoms with Gasteiger partial charge in [-0.15, -0.1) is 0 Å². The number of aromatic hydroxyl groups is 1. The molecule has 0 amide bonds. The number of aromatic nitrogens is 2. The molecule has 2 rings (SSSR count). The molecule has 1 heterocycles. The Morgan fingerprint density at radius 2 is 2.17 bits per heavy atom. The summed E-state index contributed by atoms with van der Waals surface area (Å²) < 4.78 is 5.01. The molecule has 0 atom stereocenters. The molecule has 122 valence electrons. The molecule has 2 aromatic rings. The summed E-state index contributed by atoms with van der Waals surface area (Å²) in [7, 11) is 1.43. The van der Waals surface area contributed by atoms with E-state index in [1.165, 1.54) is 25.5 Å². The molecule has 0 radical (unpaired) electrons. The van der Waals surface area contributed by atoms with Gasteiger partial charge in [-0.2, -0.15) is 5.10 Å². The third-order valence-corrected chi connectivity index (χ3v) is 3.30. The smallest absolute Gasteiger partial charge is 0.252 e. The van der Waals surface area contributed by atoms with Crippen molar-refractivity contribution in [3.63, 3.8) is 0 Å². The number of anilines is 1. The largest absolute Gasteiger partial charge is 0.503 e. The van der Waals surface area contributed by atoms with E-state index in [0.717, 1.165) is 0 Å². The van der Waals surface area contributed by atoms with Gasteiger partial charge < -0.3 is 9.84 Å². The maximum absolute atomic E-state index is 11.6. The van der Waals surface area contributed by atoms with Crippen LogP contribution in [0.15, 0.2) is 28.1 Å². The number of hydrogen-bond acceptors (Lipinski definition) is 6. The van der Waals surface area contributed by atoms with E-state index in [0.29, 0.717) is 11.3 Å². The second-order valence-electron chi connectivity index (χ2n) is 5.10. The number of phenolic OH excluding ortho intramolecular Hbond substituents is 1. The molecule has 8 heteroatoms. The first-order chi connectivity index (χ1) is 10.9. The van der Waals surface area contributed by atoms with Crippen molar-refractivity contribution in [1.82, 2.24) is 9.97 Å². The third-order valence-electron chi connectivity index (χ3n) is 3.01. The second-order valence-corrected chi connectivity index (χ2v) is 5.50. The number of hydrazone groups is 1. The Bertz CT molecular complexity index is 787. The van der Waals surface area contributed by atoms with Crippen LogP contribution >= 0.6 is 11.6 Å². The number of ether oxygens (including phenoxy) is 1. The first-order valence-electron chi connectivity index (χ1n) is 6.87. The highest BCUT2D eigenvalue weighted by atomic mass is 35.5. The van der Waals surface area contributed by atoms with Gasteiger partial charge in [0, 0.05) is 6.07 Å². The van der Waals surface area contributed by atoms with E-state index in [1.54, 1.807) is 6.07 Å². The van der Waals surface area contributed by atoms with Crippen LogP contribution in [-0.2, 0) is 0 Å². The Kier molecular flexibility index (Phi) is 5.23. The molecule has 0 aliphatic rings. The normalized spacial score (nSPS) is 11.2. The predicted octanol–water partition coefficient (Wildman–Crippen LogP) is 2.71. The highest BCUT2D eigenvalue weighted by molar-refractivity contribution is 6.32. The molecule has 0 bridgehead atoms. The summed E-state index contributed by atoms with van der Waals surface area (Å²) in [6.45, 7) is 3.89. The van der Waals surface area contributed by atoms with Crippen LogP contribution in [0.25, 0.3) is 0 Å². The molecule has 1 aromatic heterocycles. The zero-order valence-corrected chi connectivity index (χ0v) is 13.7. The molecular weight excluding hydrogens is 320 g/mol. The van der Waals surface area contributed by atoms with Crippen LogP contribution in [0, 0.1) is 0 Å². The second kappa shape index (κ2) is 7.15. The number of nitrogens with one attached hydrogen (secondary N) is 2. The summed E-state index contributed by atoms with van der Waals surface area (Å²) in [4.78, 5) is 18.4. The van der Waals surface area contributed by atoms with Crippen LogP contribution in [0.4, 0.5) is 5.95 Å². The minimum Gasteiger partial charge on any atom is -0.503 e. The SMILES string of the molecule is COc1cc(/C=N\Nc2nc(C(C)C)cc(=O)[nH]2)cc(Cl)c1O. The number of halogens is 1. The van der Waals surface area contributed by atoms with Crippen molar-refractivity contribution >= 4 is 23.8 Å². The van der Waals surface area contributed by atoms with Gasteiger partial charge in [-0.25, -0.2) is 10.4 Å². The number of nitrogens with zero attached hydrogens (tertiary/aromatic N) is 2. The molecule has 1 aromatic carbocycles. The minimum atomic E-state index is -0.254. The van der Waals surface area contributed by atoms with Gasteiger partial charge in [-0.1, -0.05) is 25.4 Å². The van der Waals surface area contributed by atoms with Gasteiger partial charge in [0.25, 0.3) is 5.56 Å². The minimum absolute atomic E-state index is 0.127. The van der Waals surface area contributed by atoms with Crippen LogP contribution in [0.1, 0.15) is 31.0 Å². The number of rotatable bonds is 5. The molecular formula is C15H17ClN4O3. The average Bonchev–Trinajstić information content (AvgIpc) is 2.50. The van der Waals surface area contributed by atoms with E-state index < -0.39 is 0 Å². The highest BCUT2D eigenvalue weighted by Gasteiger charge is 2.08. The molecule has 0 fully saturated rings. The lowest BCUT2D eigenvalue weighted by molar-refractivity contribution is 0.373. The Labute approximate surface area is 138 Å². The Hall–Kier alpha value is -2.54. The van der Waals surface area contributed by atoms with Crippen LogP contribution in [0.2, 0.25) is 5.02 Å². The number of aromatic amines is 1. The van der Waals surface area contributed by atoms with Gasteiger partial charge in [-0.3, -0.25) is 9.78 Å². The maximum atomic E-state index is 11.6. The van der Waals surface area contributed by atoms with Gasteiger partial charge in [-0.05, 0) is 23.6 Å². The van der Waals surface area contributed by atoms with E-state index in [2.05, 4.69) is 20.5 Å². The zero-order valence-electron chi connectivity index (χ0n) is 12.9. The van der Waals surface area contributed by atoms with Crippen LogP contribution in [0.5, 0.6) is 11.5 Å². The fourth-order valence-corrected chi connectivity index (χ4v) is 2.04. The maximum Gasteiger partial charge on any atom is 0.252 e. The summed E-state index contributed by atoms with van der Waals surface area (Å²) >= 11 is 5.90. The van der Waals surface area contributed by atoms with Crippen molar-refractivity contribution < 1.29 is 9.84 Å². The molecule has 0 spiro atoms. The molecule has 23 heavy (non-hydrogen) atoms. The van der Waals surface area contributed by atoms with Gasteiger partial charge in [0.05, 0.1) is 24.0 Å². The summed E-state index contributed by atoms with van der Waals surface area (Å²) in [6, 6.07) is 4.56. The highest BCUT2D eigenvalue weighted by Crippen LogP contribution is 2.34. The van der Waals surface area contributed by atoms with E-state index in [1.807, 2.05) is 13.8 Å². The molecule has 3 N–H and O–H groups in total. The van der Waals surface area contributed by atoms with Crippen molar-refractivity contribution in [2.45, 2.75) is 19.8 Å². The van der Waals surface area contributed by atoms with Crippen molar-refractivity contribution in [3.05, 3.63) is 44.8 Å². The van der Waals surface area contributed by atoms with Crippen LogP contribution < -0.4 is 15.7 Å². The lowest BCUT2D eigenvalue weighted by atomic mass is 10.1. The molecule has 0 unspecified atom stereocenters. The fourth-order valence-electron chi connectivity index (χ4n) is 1.82. The third kappa shape index (κ3) is 4.23. The molecule has 0 saturated carbocycles. The first kappa shape index (κ1) is 16.8. The topological polar surface area (TPSA) is 99.6 Å². The van der Waals surface area contributed by atoms with Crippen LogP contribution in [-0.4, -0.2) is 28.4 Å². The Morgan fingerprint density at radius 3 is 2.83 bits per heavy atom. The number of H-pyrrole nitrogens is 1.